The fourth-order valence-electron chi connectivity index (χ4n) is 1.52. The number of carbonyl (C=O) groups excluding carboxylic acids is 1. The van der Waals surface area contributed by atoms with Gasteiger partial charge in [0.1, 0.15) is 5.75 Å². The van der Waals surface area contributed by atoms with Crippen LogP contribution in [0, 0.1) is 6.92 Å². The van der Waals surface area contributed by atoms with E-state index in [2.05, 4.69) is 15.5 Å². The minimum atomic E-state index is -0.243. The topological polar surface area (TPSA) is 64.1 Å². The van der Waals surface area contributed by atoms with Crippen LogP contribution in [0.2, 0.25) is 0 Å². The van der Waals surface area contributed by atoms with Crippen LogP contribution in [0.25, 0.3) is 0 Å². The Hall–Kier alpha value is -2.43. The van der Waals surface area contributed by atoms with Crippen molar-refractivity contribution in [3.05, 3.63) is 47.8 Å². The van der Waals surface area contributed by atoms with Crippen molar-refractivity contribution >= 4 is 11.6 Å². The number of hydrogen-bond acceptors (Lipinski definition) is 4. The Morgan fingerprint density at radius 1 is 1.28 bits per heavy atom. The quantitative estimate of drug-likeness (QED) is 0.896. The van der Waals surface area contributed by atoms with E-state index >= 15 is 0 Å². The van der Waals surface area contributed by atoms with Crippen LogP contribution in [-0.4, -0.2) is 23.2 Å². The first kappa shape index (κ1) is 12.0. The third-order valence-electron chi connectivity index (χ3n) is 2.45. The monoisotopic (exact) mass is 243 g/mol. The van der Waals surface area contributed by atoms with Crippen molar-refractivity contribution in [2.24, 2.45) is 0 Å². The van der Waals surface area contributed by atoms with Crippen LogP contribution in [-0.2, 0) is 0 Å². The number of aromatic nitrogens is 2. The standard InChI is InChI=1S/C13H13N3O2/c1-9-3-4-11(12(7-9)18-2)16-13(17)10-5-6-14-15-8-10/h3-8H,1-2H3,(H,16,17). The number of ether oxygens (including phenoxy) is 1. The Morgan fingerprint density at radius 2 is 2.11 bits per heavy atom. The molecule has 0 fully saturated rings. The second-order valence-corrected chi connectivity index (χ2v) is 3.79. The van der Waals surface area contributed by atoms with Gasteiger partial charge in [-0.15, -0.1) is 0 Å². The Morgan fingerprint density at radius 3 is 2.78 bits per heavy atom. The molecule has 5 nitrogen and oxygen atoms in total. The van der Waals surface area contributed by atoms with Gasteiger partial charge in [0.2, 0.25) is 0 Å². The van der Waals surface area contributed by atoms with Crippen LogP contribution in [0.3, 0.4) is 0 Å². The van der Waals surface area contributed by atoms with Gasteiger partial charge in [0.15, 0.2) is 0 Å². The van der Waals surface area contributed by atoms with Crippen LogP contribution in [0.1, 0.15) is 15.9 Å². The fourth-order valence-corrected chi connectivity index (χ4v) is 1.52. The summed E-state index contributed by atoms with van der Waals surface area (Å²) in [5, 5.41) is 10.1. The van der Waals surface area contributed by atoms with E-state index in [1.807, 2.05) is 19.1 Å². The van der Waals surface area contributed by atoms with Crippen LogP contribution in [0.4, 0.5) is 5.69 Å². The molecule has 1 heterocycles. The molecule has 0 aliphatic rings. The first-order valence-corrected chi connectivity index (χ1v) is 5.43. The molecule has 0 bridgehead atoms. The maximum absolute atomic E-state index is 11.9. The van der Waals surface area contributed by atoms with Gasteiger partial charge in [0.05, 0.1) is 30.8 Å². The second kappa shape index (κ2) is 5.27. The van der Waals surface area contributed by atoms with Gasteiger partial charge in [-0.2, -0.15) is 10.2 Å². The smallest absolute Gasteiger partial charge is 0.257 e. The number of hydrogen-bond donors (Lipinski definition) is 1. The van der Waals surface area contributed by atoms with Gasteiger partial charge in [-0.25, -0.2) is 0 Å². The Kier molecular flexibility index (Phi) is 3.52. The van der Waals surface area contributed by atoms with Crippen LogP contribution < -0.4 is 10.1 Å². The molecule has 0 unspecified atom stereocenters. The highest BCUT2D eigenvalue weighted by atomic mass is 16.5. The molecular weight excluding hydrogens is 230 g/mol. The Balaban J connectivity index is 2.22. The van der Waals surface area contributed by atoms with Gasteiger partial charge in [-0.1, -0.05) is 6.07 Å². The van der Waals surface area contributed by atoms with E-state index < -0.39 is 0 Å². The molecule has 18 heavy (non-hydrogen) atoms. The summed E-state index contributed by atoms with van der Waals surface area (Å²) in [5.41, 5.74) is 2.15. The minimum absolute atomic E-state index is 0.243. The number of anilines is 1. The molecule has 1 aromatic heterocycles. The molecule has 0 aliphatic heterocycles. The summed E-state index contributed by atoms with van der Waals surface area (Å²) in [6.45, 7) is 1.96. The summed E-state index contributed by atoms with van der Waals surface area (Å²) >= 11 is 0. The third kappa shape index (κ3) is 2.63. The predicted octanol–water partition coefficient (Wildman–Crippen LogP) is 2.05. The maximum Gasteiger partial charge on any atom is 0.257 e. The molecule has 5 heteroatoms. The number of carbonyl (C=O) groups is 1. The Bertz CT molecular complexity index is 555. The summed E-state index contributed by atoms with van der Waals surface area (Å²) in [7, 11) is 1.57. The van der Waals surface area contributed by atoms with Gasteiger partial charge in [0, 0.05) is 0 Å². The van der Waals surface area contributed by atoms with Gasteiger partial charge in [0.25, 0.3) is 5.91 Å². The summed E-state index contributed by atoms with van der Waals surface area (Å²) in [6, 6.07) is 7.17. The molecular formula is C13H13N3O2. The van der Waals surface area contributed by atoms with Crippen molar-refractivity contribution in [2.45, 2.75) is 6.92 Å². The molecule has 0 saturated heterocycles. The van der Waals surface area contributed by atoms with E-state index in [0.717, 1.165) is 5.56 Å². The van der Waals surface area contributed by atoms with E-state index in [0.29, 0.717) is 17.0 Å². The summed E-state index contributed by atoms with van der Waals surface area (Å²) in [6.07, 6.45) is 2.89. The number of nitrogens with zero attached hydrogens (tertiary/aromatic N) is 2. The third-order valence-corrected chi connectivity index (χ3v) is 2.45. The summed E-state index contributed by atoms with van der Waals surface area (Å²) in [4.78, 5) is 11.9. The number of benzene rings is 1. The lowest BCUT2D eigenvalue weighted by molar-refractivity contribution is 0.102. The molecule has 2 rings (SSSR count). The molecule has 0 atom stereocenters. The zero-order valence-electron chi connectivity index (χ0n) is 10.2. The Labute approximate surface area is 105 Å². The van der Waals surface area contributed by atoms with Crippen molar-refractivity contribution in [3.8, 4) is 5.75 Å². The van der Waals surface area contributed by atoms with Crippen LogP contribution in [0.15, 0.2) is 36.7 Å². The van der Waals surface area contributed by atoms with Gasteiger partial charge >= 0.3 is 0 Å². The fraction of sp³-hybridized carbons (Fsp3) is 0.154. The molecule has 2 aromatic rings. The summed E-state index contributed by atoms with van der Waals surface area (Å²) in [5.74, 6) is 0.386. The number of nitrogens with one attached hydrogen (secondary N) is 1. The first-order valence-electron chi connectivity index (χ1n) is 5.43. The lowest BCUT2D eigenvalue weighted by Gasteiger charge is -2.10. The number of rotatable bonds is 3. The molecule has 0 radical (unpaired) electrons. The van der Waals surface area contributed by atoms with Gasteiger partial charge < -0.3 is 10.1 Å². The highest BCUT2D eigenvalue weighted by molar-refractivity contribution is 6.04. The van der Waals surface area contributed by atoms with E-state index in [4.69, 9.17) is 4.74 Å². The number of amides is 1. The van der Waals surface area contributed by atoms with Gasteiger partial charge in [-0.3, -0.25) is 4.79 Å². The average molecular weight is 243 g/mol. The van der Waals surface area contributed by atoms with E-state index in [1.165, 1.54) is 12.4 Å². The van der Waals surface area contributed by atoms with E-state index in [9.17, 15) is 4.79 Å². The lowest BCUT2D eigenvalue weighted by atomic mass is 10.2. The highest BCUT2D eigenvalue weighted by Crippen LogP contribution is 2.25. The minimum Gasteiger partial charge on any atom is -0.495 e. The van der Waals surface area contributed by atoms with Crippen molar-refractivity contribution in [3.63, 3.8) is 0 Å². The normalized spacial score (nSPS) is 9.89. The zero-order chi connectivity index (χ0) is 13.0. The van der Waals surface area contributed by atoms with E-state index in [1.54, 1.807) is 19.2 Å². The van der Waals surface area contributed by atoms with Gasteiger partial charge in [-0.05, 0) is 30.7 Å². The highest BCUT2D eigenvalue weighted by Gasteiger charge is 2.09. The molecule has 1 aromatic carbocycles. The van der Waals surface area contributed by atoms with Crippen molar-refractivity contribution < 1.29 is 9.53 Å². The molecule has 92 valence electrons. The zero-order valence-corrected chi connectivity index (χ0v) is 10.2. The van der Waals surface area contributed by atoms with Crippen LogP contribution in [0.5, 0.6) is 5.75 Å². The van der Waals surface area contributed by atoms with E-state index in [-0.39, 0.29) is 5.91 Å². The number of aryl methyl sites for hydroxylation is 1. The molecule has 0 saturated carbocycles. The second-order valence-electron chi connectivity index (χ2n) is 3.79. The van der Waals surface area contributed by atoms with Crippen molar-refractivity contribution in [1.29, 1.82) is 0 Å². The molecule has 0 aliphatic carbocycles. The largest absolute Gasteiger partial charge is 0.495 e. The van der Waals surface area contributed by atoms with Crippen LogP contribution >= 0.6 is 0 Å². The maximum atomic E-state index is 11.9. The number of methoxy groups -OCH3 is 1. The molecule has 1 amide bonds. The molecule has 1 N–H and O–H groups in total. The molecule has 0 spiro atoms. The SMILES string of the molecule is COc1cc(C)ccc1NC(=O)c1ccnnc1. The van der Waals surface area contributed by atoms with Crippen molar-refractivity contribution in [2.75, 3.05) is 12.4 Å². The van der Waals surface area contributed by atoms with Crippen molar-refractivity contribution in [1.82, 2.24) is 10.2 Å². The lowest BCUT2D eigenvalue weighted by Crippen LogP contribution is -2.13. The first-order chi connectivity index (χ1) is 8.70. The summed E-state index contributed by atoms with van der Waals surface area (Å²) < 4.78 is 5.22. The predicted molar refractivity (Wildman–Crippen MR) is 67.7 cm³/mol. The average Bonchev–Trinajstić information content (AvgIpc) is 2.41.